The molecule has 2 aromatic carbocycles. The van der Waals surface area contributed by atoms with Crippen LogP contribution in [0.15, 0.2) is 60.7 Å². The number of ether oxygens (including phenoxy) is 2. The molecule has 0 N–H and O–H groups in total. The predicted molar refractivity (Wildman–Crippen MR) is 104 cm³/mol. The van der Waals surface area contributed by atoms with E-state index in [-0.39, 0.29) is 45.1 Å². The van der Waals surface area contributed by atoms with Crippen molar-refractivity contribution >= 4 is 17.8 Å². The molecule has 0 unspecified atom stereocenters. The molecule has 0 saturated heterocycles. The third-order valence-corrected chi connectivity index (χ3v) is 3.98. The van der Waals surface area contributed by atoms with Gasteiger partial charge in [-0.25, -0.2) is 0 Å². The minimum Gasteiger partial charge on any atom is -0.465 e. The van der Waals surface area contributed by atoms with E-state index in [0.717, 1.165) is 11.1 Å². The number of benzene rings is 2. The van der Waals surface area contributed by atoms with Gasteiger partial charge in [0.15, 0.2) is 0 Å². The van der Waals surface area contributed by atoms with Crippen molar-refractivity contribution in [2.75, 3.05) is 13.2 Å². The molecule has 6 nitrogen and oxygen atoms in total. The summed E-state index contributed by atoms with van der Waals surface area (Å²) >= 11 is 0. The summed E-state index contributed by atoms with van der Waals surface area (Å²) in [5, 5.41) is 0. The zero-order valence-electron chi connectivity index (χ0n) is 16.0. The van der Waals surface area contributed by atoms with E-state index >= 15 is 0 Å². The van der Waals surface area contributed by atoms with Crippen molar-refractivity contribution in [2.24, 2.45) is 0 Å². The van der Waals surface area contributed by atoms with Crippen LogP contribution < -0.4 is 0 Å². The Bertz CT molecular complexity index is 761. The fraction of sp³-hybridized carbons (Fsp3) is 0.318. The molecule has 0 spiro atoms. The number of carbonyl (C=O) groups is 3. The molecule has 0 aliphatic rings. The number of esters is 2. The molecule has 0 radical (unpaired) electrons. The lowest BCUT2D eigenvalue weighted by molar-refractivity contribution is -0.150. The molecule has 0 heterocycles. The van der Waals surface area contributed by atoms with E-state index in [9.17, 15) is 14.4 Å². The van der Waals surface area contributed by atoms with Crippen LogP contribution in [0, 0.1) is 0 Å². The zero-order valence-corrected chi connectivity index (χ0v) is 16.0. The van der Waals surface area contributed by atoms with E-state index in [4.69, 9.17) is 9.47 Å². The molecule has 0 aliphatic carbocycles. The van der Waals surface area contributed by atoms with Crippen molar-refractivity contribution in [2.45, 2.75) is 32.9 Å². The Morgan fingerprint density at radius 2 is 1.39 bits per heavy atom. The van der Waals surface area contributed by atoms with Gasteiger partial charge in [0.2, 0.25) is 5.91 Å². The molecule has 0 atom stereocenters. The molecule has 0 fully saturated rings. The Balaban J connectivity index is 1.87. The highest BCUT2D eigenvalue weighted by molar-refractivity contribution is 5.84. The summed E-state index contributed by atoms with van der Waals surface area (Å²) in [6, 6.07) is 18.7. The van der Waals surface area contributed by atoms with E-state index in [0.29, 0.717) is 0 Å². The van der Waals surface area contributed by atoms with Gasteiger partial charge in [0.05, 0.1) is 13.0 Å². The third-order valence-electron chi connectivity index (χ3n) is 3.98. The number of hydrogen-bond acceptors (Lipinski definition) is 5. The second-order valence-corrected chi connectivity index (χ2v) is 6.19. The van der Waals surface area contributed by atoms with Crippen molar-refractivity contribution < 1.29 is 23.9 Å². The first-order valence-corrected chi connectivity index (χ1v) is 9.25. The van der Waals surface area contributed by atoms with Crippen LogP contribution in [0.4, 0.5) is 0 Å². The van der Waals surface area contributed by atoms with Gasteiger partial charge in [-0.2, -0.15) is 0 Å². The van der Waals surface area contributed by atoms with Crippen molar-refractivity contribution in [3.05, 3.63) is 71.8 Å². The molecular weight excluding hydrogens is 358 g/mol. The highest BCUT2D eigenvalue weighted by Gasteiger charge is 2.19. The highest BCUT2D eigenvalue weighted by Crippen LogP contribution is 2.09. The van der Waals surface area contributed by atoms with E-state index in [1.807, 2.05) is 60.7 Å². The van der Waals surface area contributed by atoms with Gasteiger partial charge in [-0.05, 0) is 18.1 Å². The van der Waals surface area contributed by atoms with Crippen LogP contribution in [-0.2, 0) is 37.0 Å². The minimum atomic E-state index is -0.474. The first kappa shape index (κ1) is 21.2. The van der Waals surface area contributed by atoms with Gasteiger partial charge >= 0.3 is 11.9 Å². The third kappa shape index (κ3) is 7.61. The van der Waals surface area contributed by atoms with Gasteiger partial charge in [-0.1, -0.05) is 60.7 Å². The number of carbonyl (C=O) groups excluding carboxylic acids is 3. The number of amides is 1. The molecule has 0 aromatic heterocycles. The summed E-state index contributed by atoms with van der Waals surface area (Å²) in [7, 11) is 0. The van der Waals surface area contributed by atoms with E-state index in [2.05, 4.69) is 0 Å². The largest absolute Gasteiger partial charge is 0.465 e. The highest BCUT2D eigenvalue weighted by atomic mass is 16.5. The molecule has 2 rings (SSSR count). The molecule has 2 aromatic rings. The summed E-state index contributed by atoms with van der Waals surface area (Å²) in [5.41, 5.74) is 1.78. The van der Waals surface area contributed by atoms with Crippen molar-refractivity contribution in [1.29, 1.82) is 0 Å². The Hall–Kier alpha value is -3.15. The summed E-state index contributed by atoms with van der Waals surface area (Å²) < 4.78 is 10.1. The number of rotatable bonds is 10. The van der Waals surface area contributed by atoms with Crippen LogP contribution in [-0.4, -0.2) is 35.9 Å². The van der Waals surface area contributed by atoms with Crippen LogP contribution in [0.5, 0.6) is 0 Å². The molecule has 1 amide bonds. The first-order chi connectivity index (χ1) is 13.6. The van der Waals surface area contributed by atoms with Crippen LogP contribution in [0.25, 0.3) is 0 Å². The molecule has 148 valence electrons. The standard InChI is InChI=1S/C22H25NO5/c1-2-27-22(26)16-23(15-18-9-5-3-6-10-18)20(24)13-14-21(25)28-17-19-11-7-4-8-12-19/h3-12H,2,13-17H2,1H3. The minimum absolute atomic E-state index is 0.0279. The van der Waals surface area contributed by atoms with Gasteiger partial charge in [-0.3, -0.25) is 14.4 Å². The Kier molecular flexibility index (Phi) is 8.72. The zero-order chi connectivity index (χ0) is 20.2. The predicted octanol–water partition coefficient (Wildman–Crippen LogP) is 3.10. The molecule has 28 heavy (non-hydrogen) atoms. The summed E-state index contributed by atoms with van der Waals surface area (Å²) in [5.74, 6) is -1.22. The fourth-order valence-corrected chi connectivity index (χ4v) is 2.58. The molecular formula is C22H25NO5. The van der Waals surface area contributed by atoms with Crippen LogP contribution in [0.3, 0.4) is 0 Å². The van der Waals surface area contributed by atoms with E-state index < -0.39 is 11.9 Å². The Morgan fingerprint density at radius 1 is 0.786 bits per heavy atom. The number of nitrogens with zero attached hydrogens (tertiary/aromatic N) is 1. The lowest BCUT2D eigenvalue weighted by Crippen LogP contribution is -2.36. The van der Waals surface area contributed by atoms with E-state index in [1.165, 1.54) is 4.90 Å². The fourth-order valence-electron chi connectivity index (χ4n) is 2.58. The maximum Gasteiger partial charge on any atom is 0.325 e. The second kappa shape index (κ2) is 11.5. The van der Waals surface area contributed by atoms with Gasteiger partial charge in [0.25, 0.3) is 0 Å². The molecule has 0 aliphatic heterocycles. The van der Waals surface area contributed by atoms with Gasteiger partial charge in [0, 0.05) is 13.0 Å². The SMILES string of the molecule is CCOC(=O)CN(Cc1ccccc1)C(=O)CCC(=O)OCc1ccccc1. The topological polar surface area (TPSA) is 72.9 Å². The maximum atomic E-state index is 12.6. The Morgan fingerprint density at radius 3 is 2.00 bits per heavy atom. The average molecular weight is 383 g/mol. The smallest absolute Gasteiger partial charge is 0.325 e. The average Bonchev–Trinajstić information content (AvgIpc) is 2.71. The lowest BCUT2D eigenvalue weighted by Gasteiger charge is -2.22. The van der Waals surface area contributed by atoms with Crippen molar-refractivity contribution in [1.82, 2.24) is 4.90 Å². The summed E-state index contributed by atoms with van der Waals surface area (Å²) in [6.07, 6.45) is -0.0698. The van der Waals surface area contributed by atoms with Gasteiger partial charge < -0.3 is 14.4 Å². The molecule has 0 saturated carbocycles. The van der Waals surface area contributed by atoms with E-state index in [1.54, 1.807) is 6.92 Å². The molecule has 0 bridgehead atoms. The monoisotopic (exact) mass is 383 g/mol. The van der Waals surface area contributed by atoms with Crippen LogP contribution in [0.2, 0.25) is 0 Å². The summed E-state index contributed by atoms with van der Waals surface area (Å²) in [6.45, 7) is 2.25. The van der Waals surface area contributed by atoms with Crippen LogP contribution >= 0.6 is 0 Å². The maximum absolute atomic E-state index is 12.6. The Labute approximate surface area is 165 Å². The van der Waals surface area contributed by atoms with Crippen LogP contribution in [0.1, 0.15) is 30.9 Å². The quantitative estimate of drug-likeness (QED) is 0.590. The number of hydrogen-bond donors (Lipinski definition) is 0. The summed E-state index contributed by atoms with van der Waals surface area (Å²) in [4.78, 5) is 37.8. The second-order valence-electron chi connectivity index (χ2n) is 6.19. The van der Waals surface area contributed by atoms with Crippen molar-refractivity contribution in [3.8, 4) is 0 Å². The lowest BCUT2D eigenvalue weighted by atomic mass is 10.2. The molecule has 6 heteroatoms. The van der Waals surface area contributed by atoms with Crippen molar-refractivity contribution in [3.63, 3.8) is 0 Å². The van der Waals surface area contributed by atoms with Gasteiger partial charge in [-0.15, -0.1) is 0 Å². The normalized spacial score (nSPS) is 10.2. The first-order valence-electron chi connectivity index (χ1n) is 9.25. The van der Waals surface area contributed by atoms with Gasteiger partial charge in [0.1, 0.15) is 13.2 Å².